The van der Waals surface area contributed by atoms with Crippen molar-refractivity contribution < 1.29 is 4.74 Å². The highest BCUT2D eigenvalue weighted by Crippen LogP contribution is 2.07. The van der Waals surface area contributed by atoms with Gasteiger partial charge in [0.1, 0.15) is 0 Å². The van der Waals surface area contributed by atoms with E-state index >= 15 is 0 Å². The van der Waals surface area contributed by atoms with Gasteiger partial charge in [0, 0.05) is 32.0 Å². The molecular formula is C9H13BrN4O. The molecule has 1 aromatic heterocycles. The fourth-order valence-corrected chi connectivity index (χ4v) is 1.56. The first-order chi connectivity index (χ1) is 7.34. The van der Waals surface area contributed by atoms with Gasteiger partial charge in [0.15, 0.2) is 0 Å². The molecule has 1 atom stereocenters. The molecule has 82 valence electrons. The SMILES string of the molecule is Brc1cnc(NCC2CNCCO2)nc1. The third kappa shape index (κ3) is 3.40. The molecule has 5 nitrogen and oxygen atoms in total. The number of morpholine rings is 1. The zero-order valence-corrected chi connectivity index (χ0v) is 9.83. The Labute approximate surface area is 96.8 Å². The van der Waals surface area contributed by atoms with E-state index < -0.39 is 0 Å². The molecular weight excluding hydrogens is 260 g/mol. The number of halogens is 1. The molecule has 2 heterocycles. The highest BCUT2D eigenvalue weighted by atomic mass is 79.9. The minimum absolute atomic E-state index is 0.200. The molecule has 0 amide bonds. The number of nitrogens with one attached hydrogen (secondary N) is 2. The van der Waals surface area contributed by atoms with Gasteiger partial charge in [0.2, 0.25) is 5.95 Å². The van der Waals surface area contributed by atoms with Crippen LogP contribution >= 0.6 is 15.9 Å². The average molecular weight is 273 g/mol. The molecule has 1 aromatic rings. The van der Waals surface area contributed by atoms with Crippen molar-refractivity contribution in [1.29, 1.82) is 0 Å². The van der Waals surface area contributed by atoms with Gasteiger partial charge in [-0.2, -0.15) is 0 Å². The number of hydrogen-bond acceptors (Lipinski definition) is 5. The van der Waals surface area contributed by atoms with Gasteiger partial charge < -0.3 is 15.4 Å². The van der Waals surface area contributed by atoms with E-state index in [1.807, 2.05) is 0 Å². The van der Waals surface area contributed by atoms with Crippen molar-refractivity contribution in [3.05, 3.63) is 16.9 Å². The molecule has 0 bridgehead atoms. The lowest BCUT2D eigenvalue weighted by atomic mass is 10.3. The van der Waals surface area contributed by atoms with Crippen LogP contribution in [0, 0.1) is 0 Å². The normalized spacial score (nSPS) is 21.3. The maximum atomic E-state index is 5.53. The molecule has 1 unspecified atom stereocenters. The van der Waals surface area contributed by atoms with Crippen LogP contribution in [-0.2, 0) is 4.74 Å². The average Bonchev–Trinajstić information content (AvgIpc) is 2.30. The molecule has 0 spiro atoms. The van der Waals surface area contributed by atoms with Crippen LogP contribution in [0.1, 0.15) is 0 Å². The largest absolute Gasteiger partial charge is 0.374 e. The second kappa shape index (κ2) is 5.39. The predicted molar refractivity (Wildman–Crippen MR) is 60.8 cm³/mol. The summed E-state index contributed by atoms with van der Waals surface area (Å²) in [5.41, 5.74) is 0. The molecule has 15 heavy (non-hydrogen) atoms. The van der Waals surface area contributed by atoms with Crippen molar-refractivity contribution in [2.75, 3.05) is 31.6 Å². The fourth-order valence-electron chi connectivity index (χ4n) is 1.36. The van der Waals surface area contributed by atoms with Gasteiger partial charge in [0.05, 0.1) is 17.2 Å². The van der Waals surface area contributed by atoms with Gasteiger partial charge >= 0.3 is 0 Å². The number of aromatic nitrogens is 2. The Balaban J connectivity index is 1.79. The summed E-state index contributed by atoms with van der Waals surface area (Å²) in [6.45, 7) is 3.32. The van der Waals surface area contributed by atoms with Crippen molar-refractivity contribution in [3.8, 4) is 0 Å². The molecule has 0 aliphatic carbocycles. The summed E-state index contributed by atoms with van der Waals surface area (Å²) in [6.07, 6.45) is 3.64. The van der Waals surface area contributed by atoms with Crippen LogP contribution in [0.15, 0.2) is 16.9 Å². The second-order valence-electron chi connectivity index (χ2n) is 3.30. The summed E-state index contributed by atoms with van der Waals surface area (Å²) in [6, 6.07) is 0. The number of nitrogens with zero attached hydrogens (tertiary/aromatic N) is 2. The van der Waals surface area contributed by atoms with Crippen molar-refractivity contribution in [1.82, 2.24) is 15.3 Å². The summed E-state index contributed by atoms with van der Waals surface area (Å²) in [4.78, 5) is 8.24. The molecule has 2 rings (SSSR count). The van der Waals surface area contributed by atoms with Crippen LogP contribution in [0.4, 0.5) is 5.95 Å². The van der Waals surface area contributed by atoms with Crippen LogP contribution in [0.2, 0.25) is 0 Å². The first-order valence-corrected chi connectivity index (χ1v) is 5.67. The highest BCUT2D eigenvalue weighted by Gasteiger charge is 2.12. The lowest BCUT2D eigenvalue weighted by Crippen LogP contribution is -2.42. The van der Waals surface area contributed by atoms with E-state index in [0.29, 0.717) is 5.95 Å². The predicted octanol–water partition coefficient (Wildman–Crippen LogP) is 0.639. The van der Waals surface area contributed by atoms with E-state index in [4.69, 9.17) is 4.74 Å². The Morgan fingerprint density at radius 2 is 2.33 bits per heavy atom. The van der Waals surface area contributed by atoms with Crippen LogP contribution in [0.25, 0.3) is 0 Å². The standard InChI is InChI=1S/C9H13BrN4O/c10-7-3-12-9(13-4-7)14-6-8-5-11-1-2-15-8/h3-4,8,11H,1-2,5-6H2,(H,12,13,14). The van der Waals surface area contributed by atoms with Crippen molar-refractivity contribution in [2.24, 2.45) is 0 Å². The van der Waals surface area contributed by atoms with Crippen molar-refractivity contribution >= 4 is 21.9 Å². The first kappa shape index (κ1) is 10.8. The maximum Gasteiger partial charge on any atom is 0.222 e. The third-order valence-electron chi connectivity index (χ3n) is 2.11. The van der Waals surface area contributed by atoms with Gasteiger partial charge in [-0.05, 0) is 15.9 Å². The number of hydrogen-bond donors (Lipinski definition) is 2. The van der Waals surface area contributed by atoms with Gasteiger partial charge in [-0.1, -0.05) is 0 Å². The summed E-state index contributed by atoms with van der Waals surface area (Å²) < 4.78 is 6.41. The molecule has 2 N–H and O–H groups in total. The molecule has 0 aromatic carbocycles. The molecule has 1 aliphatic heterocycles. The molecule has 6 heteroatoms. The van der Waals surface area contributed by atoms with E-state index in [0.717, 1.165) is 30.7 Å². The Morgan fingerprint density at radius 1 is 1.53 bits per heavy atom. The summed E-state index contributed by atoms with van der Waals surface area (Å²) >= 11 is 3.29. The topological polar surface area (TPSA) is 59.1 Å². The van der Waals surface area contributed by atoms with Gasteiger partial charge in [-0.25, -0.2) is 9.97 Å². The molecule has 1 aliphatic rings. The molecule has 0 radical (unpaired) electrons. The summed E-state index contributed by atoms with van der Waals surface area (Å²) in [5.74, 6) is 0.632. The molecule has 0 saturated carbocycles. The zero-order valence-electron chi connectivity index (χ0n) is 8.24. The molecule has 1 saturated heterocycles. The Hall–Kier alpha value is -0.720. The lowest BCUT2D eigenvalue weighted by molar-refractivity contribution is 0.0371. The van der Waals surface area contributed by atoms with Crippen LogP contribution in [-0.4, -0.2) is 42.3 Å². The summed E-state index contributed by atoms with van der Waals surface area (Å²) in [7, 11) is 0. The first-order valence-electron chi connectivity index (χ1n) is 4.88. The van der Waals surface area contributed by atoms with Gasteiger partial charge in [0.25, 0.3) is 0 Å². The van der Waals surface area contributed by atoms with Gasteiger partial charge in [-0.15, -0.1) is 0 Å². The Kier molecular flexibility index (Phi) is 3.87. The number of ether oxygens (including phenoxy) is 1. The number of anilines is 1. The van der Waals surface area contributed by atoms with Gasteiger partial charge in [-0.3, -0.25) is 0 Å². The lowest BCUT2D eigenvalue weighted by Gasteiger charge is -2.23. The smallest absolute Gasteiger partial charge is 0.222 e. The van der Waals surface area contributed by atoms with E-state index in [9.17, 15) is 0 Å². The van der Waals surface area contributed by atoms with E-state index in [1.165, 1.54) is 0 Å². The number of rotatable bonds is 3. The quantitative estimate of drug-likeness (QED) is 0.846. The second-order valence-corrected chi connectivity index (χ2v) is 4.22. The Bertz CT molecular complexity index is 299. The fraction of sp³-hybridized carbons (Fsp3) is 0.556. The summed E-state index contributed by atoms with van der Waals surface area (Å²) in [5, 5.41) is 6.40. The van der Waals surface area contributed by atoms with Crippen molar-refractivity contribution in [3.63, 3.8) is 0 Å². The Morgan fingerprint density at radius 3 is 3.00 bits per heavy atom. The minimum Gasteiger partial charge on any atom is -0.374 e. The van der Waals surface area contributed by atoms with Crippen molar-refractivity contribution in [2.45, 2.75) is 6.10 Å². The maximum absolute atomic E-state index is 5.53. The third-order valence-corrected chi connectivity index (χ3v) is 2.52. The van der Waals surface area contributed by atoms with E-state index in [1.54, 1.807) is 12.4 Å². The highest BCUT2D eigenvalue weighted by molar-refractivity contribution is 9.10. The van der Waals surface area contributed by atoms with Crippen LogP contribution < -0.4 is 10.6 Å². The molecule has 1 fully saturated rings. The van der Waals surface area contributed by atoms with Crippen LogP contribution in [0.3, 0.4) is 0 Å². The monoisotopic (exact) mass is 272 g/mol. The minimum atomic E-state index is 0.200. The van der Waals surface area contributed by atoms with E-state index in [-0.39, 0.29) is 6.10 Å². The van der Waals surface area contributed by atoms with Crippen LogP contribution in [0.5, 0.6) is 0 Å². The zero-order chi connectivity index (χ0) is 10.5. The van der Waals surface area contributed by atoms with E-state index in [2.05, 4.69) is 36.5 Å².